The normalized spacial score (nSPS) is 13.0. The van der Waals surface area contributed by atoms with E-state index in [4.69, 9.17) is 5.16 Å². The molecule has 0 unspecified atom stereocenters. The first-order valence-electron chi connectivity index (χ1n) is 1.97. The van der Waals surface area contributed by atoms with Crippen molar-refractivity contribution in [1.29, 1.82) is 5.16 Å². The fraction of sp³-hybridized carbons (Fsp3) is 1.00. The number of nitrogens with one attached hydrogen (secondary N) is 1. The van der Waals surface area contributed by atoms with Gasteiger partial charge < -0.3 is 0 Å². The maximum atomic E-state index is 7.27. The van der Waals surface area contributed by atoms with Gasteiger partial charge in [0.1, 0.15) is 0 Å². The molecule has 0 amide bonds. The average Bonchev–Trinajstić information content (AvgIpc) is 1.30. The monoisotopic (exact) mass is 136 g/mol. The lowest BCUT2D eigenvalue weighted by atomic mass is 11.9. The molecule has 0 heterocycles. The molecule has 1 N–H and O–H groups in total. The molecular weight excluding hydrogens is 126 g/mol. The van der Waals surface area contributed by atoms with Crippen LogP contribution in [0.25, 0.3) is 0 Å². The summed E-state index contributed by atoms with van der Waals surface area (Å²) in [5, 5.41) is 7.27. The summed E-state index contributed by atoms with van der Waals surface area (Å²) < 4.78 is 4.01. The van der Waals surface area contributed by atoms with Gasteiger partial charge in [0.25, 0.3) is 0 Å². The third-order valence-corrected chi connectivity index (χ3v) is 2.82. The van der Waals surface area contributed by atoms with E-state index in [1.54, 1.807) is 0 Å². The maximum Gasteiger partial charge on any atom is 0.0696 e. The molecule has 0 bridgehead atoms. The number of rotatable bonds is 1. The Bertz CT molecular complexity index is 112. The van der Waals surface area contributed by atoms with Gasteiger partial charge in [0.2, 0.25) is 0 Å². The second-order valence-corrected chi connectivity index (χ2v) is 5.59. The van der Waals surface area contributed by atoms with E-state index in [2.05, 4.69) is 4.52 Å². The van der Waals surface area contributed by atoms with Crippen LogP contribution in [0.5, 0.6) is 0 Å². The molecule has 0 aromatic carbocycles. The molecule has 0 radical (unpaired) electrons. The molecule has 0 aliphatic rings. The van der Waals surface area contributed by atoms with Crippen molar-refractivity contribution in [3.63, 3.8) is 0 Å². The van der Waals surface area contributed by atoms with Gasteiger partial charge in [-0.05, 0) is 20.0 Å². The van der Waals surface area contributed by atoms with Gasteiger partial charge in [-0.2, -0.15) is 0 Å². The largest absolute Gasteiger partial charge is 0.297 e. The van der Waals surface area contributed by atoms with Crippen LogP contribution >= 0.6 is 15.6 Å². The van der Waals surface area contributed by atoms with Crippen molar-refractivity contribution in [3.8, 4) is 0 Å². The smallest absolute Gasteiger partial charge is 0.0696 e. The summed E-state index contributed by atoms with van der Waals surface area (Å²) in [6.07, 6.45) is 0. The van der Waals surface area contributed by atoms with Gasteiger partial charge in [-0.3, -0.25) is 5.16 Å². The quantitative estimate of drug-likeness (QED) is 0.538. The zero-order valence-electron chi connectivity index (χ0n) is 4.84. The Kier molecular flexibility index (Phi) is 2.71. The van der Waals surface area contributed by atoms with Crippen molar-refractivity contribution >= 4 is 15.6 Å². The highest BCUT2D eigenvalue weighted by molar-refractivity contribution is 7.65. The molecule has 7 heavy (non-hydrogen) atoms. The van der Waals surface area contributed by atoms with Gasteiger partial charge >= 0.3 is 0 Å². The van der Waals surface area contributed by atoms with E-state index < -0.39 is 7.21 Å². The zero-order chi connectivity index (χ0) is 5.91. The van der Waals surface area contributed by atoms with Gasteiger partial charge in [0.15, 0.2) is 0 Å². The van der Waals surface area contributed by atoms with Gasteiger partial charge in [0.05, 0.1) is 7.21 Å². The Hall–Kier alpha value is 0.330. The molecule has 0 aliphatic heterocycles. The summed E-state index contributed by atoms with van der Waals surface area (Å²) in [6.45, 7) is 5.70. The lowest BCUT2D eigenvalue weighted by Gasteiger charge is -1.97. The van der Waals surface area contributed by atoms with E-state index in [1.165, 1.54) is 0 Å². The molecule has 0 rings (SSSR count). The molecule has 4 heteroatoms. The van der Waals surface area contributed by atoms with Gasteiger partial charge in [0, 0.05) is 8.37 Å². The second-order valence-electron chi connectivity index (χ2n) is 1.68. The predicted octanol–water partition coefficient (Wildman–Crippen LogP) is 2.70. The molecule has 0 atom stereocenters. The standard InChI is InChI=1S/C3H10N2P2/c1-6-5-7(2,3)4/h4H,1-3H3. The van der Waals surface area contributed by atoms with E-state index in [-0.39, 0.29) is 0 Å². The minimum absolute atomic E-state index is 0.996. The number of nitrogens with zero attached hydrogens (tertiary/aromatic N) is 1. The summed E-state index contributed by atoms with van der Waals surface area (Å²) in [6, 6.07) is 0. The van der Waals surface area contributed by atoms with Crippen molar-refractivity contribution < 1.29 is 0 Å². The predicted molar refractivity (Wildman–Crippen MR) is 36.8 cm³/mol. The topological polar surface area (TPSA) is 36.2 Å². The summed E-state index contributed by atoms with van der Waals surface area (Å²) in [5.41, 5.74) is 0. The number of hydrogen-bond donors (Lipinski definition) is 1. The fourth-order valence-corrected chi connectivity index (χ4v) is 2.01. The minimum atomic E-state index is -1.55. The maximum absolute atomic E-state index is 7.27. The third-order valence-electron chi connectivity index (χ3n) is 0.313. The Labute approximate surface area is 46.1 Å². The van der Waals surface area contributed by atoms with E-state index >= 15 is 0 Å². The summed E-state index contributed by atoms with van der Waals surface area (Å²) in [4.78, 5) is 0. The van der Waals surface area contributed by atoms with Crippen LogP contribution in [-0.4, -0.2) is 20.0 Å². The van der Waals surface area contributed by atoms with Crippen molar-refractivity contribution in [2.75, 3.05) is 20.0 Å². The highest BCUT2D eigenvalue weighted by Gasteiger charge is 1.91. The number of hydrogen-bond acceptors (Lipinski definition) is 1. The van der Waals surface area contributed by atoms with Crippen LogP contribution in [0.15, 0.2) is 4.52 Å². The van der Waals surface area contributed by atoms with Gasteiger partial charge in [-0.25, -0.2) is 4.52 Å². The molecule has 0 spiro atoms. The van der Waals surface area contributed by atoms with Crippen LogP contribution in [0.3, 0.4) is 0 Å². The lowest BCUT2D eigenvalue weighted by molar-refractivity contribution is 1.55. The summed E-state index contributed by atoms with van der Waals surface area (Å²) in [7, 11) is -0.557. The Balaban J connectivity index is 3.82. The third kappa shape index (κ3) is 6.33. The van der Waals surface area contributed by atoms with Crippen molar-refractivity contribution in [1.82, 2.24) is 0 Å². The Morgan fingerprint density at radius 2 is 2.00 bits per heavy atom. The van der Waals surface area contributed by atoms with Crippen LogP contribution in [-0.2, 0) is 0 Å². The molecule has 2 nitrogen and oxygen atoms in total. The molecule has 42 valence electrons. The molecule has 0 saturated carbocycles. The molecule has 0 fully saturated rings. The van der Waals surface area contributed by atoms with Crippen LogP contribution in [0.2, 0.25) is 0 Å². The Morgan fingerprint density at radius 3 is 2.00 bits per heavy atom. The highest BCUT2D eigenvalue weighted by Crippen LogP contribution is 2.41. The van der Waals surface area contributed by atoms with Gasteiger partial charge in [-0.15, -0.1) is 0 Å². The second kappa shape index (κ2) is 2.59. The van der Waals surface area contributed by atoms with E-state index in [0.29, 0.717) is 0 Å². The molecule has 0 aromatic heterocycles. The van der Waals surface area contributed by atoms with E-state index in [0.717, 1.165) is 8.37 Å². The van der Waals surface area contributed by atoms with E-state index in [1.807, 2.05) is 20.0 Å². The molecule has 0 aliphatic carbocycles. The summed E-state index contributed by atoms with van der Waals surface area (Å²) >= 11 is 0. The molecule has 0 saturated heterocycles. The first kappa shape index (κ1) is 7.33. The SMILES string of the molecule is C/P=N/P(C)(C)=N. The Morgan fingerprint density at radius 1 is 1.57 bits per heavy atom. The van der Waals surface area contributed by atoms with Crippen LogP contribution in [0, 0.1) is 5.16 Å². The van der Waals surface area contributed by atoms with Crippen LogP contribution in [0.4, 0.5) is 0 Å². The average molecular weight is 136 g/mol. The zero-order valence-corrected chi connectivity index (χ0v) is 6.63. The fourth-order valence-electron chi connectivity index (χ4n) is 0.224. The highest BCUT2D eigenvalue weighted by atomic mass is 31.2. The minimum Gasteiger partial charge on any atom is -0.297 e. The van der Waals surface area contributed by atoms with Crippen LogP contribution < -0.4 is 0 Å². The van der Waals surface area contributed by atoms with Crippen molar-refractivity contribution in [2.45, 2.75) is 0 Å². The van der Waals surface area contributed by atoms with Crippen molar-refractivity contribution in [3.05, 3.63) is 0 Å². The van der Waals surface area contributed by atoms with Gasteiger partial charge in [-0.1, -0.05) is 0 Å². The molecule has 0 aromatic rings. The van der Waals surface area contributed by atoms with Crippen LogP contribution in [0.1, 0.15) is 0 Å². The molecular formula is C3H10N2P2. The van der Waals surface area contributed by atoms with Crippen molar-refractivity contribution in [2.24, 2.45) is 4.52 Å². The van der Waals surface area contributed by atoms with E-state index in [9.17, 15) is 0 Å². The summed E-state index contributed by atoms with van der Waals surface area (Å²) in [5.74, 6) is 0. The lowest BCUT2D eigenvalue weighted by Crippen LogP contribution is -1.58. The first-order valence-corrected chi connectivity index (χ1v) is 5.90. The first-order chi connectivity index (χ1) is 3.06.